The zero-order chi connectivity index (χ0) is 28.5. The second-order valence-electron chi connectivity index (χ2n) is 11.3. The summed E-state index contributed by atoms with van der Waals surface area (Å²) >= 11 is 6.33. The number of carbonyl (C=O) groups excluding carboxylic acids is 3. The third-order valence-electron chi connectivity index (χ3n) is 8.93. The highest BCUT2D eigenvalue weighted by atomic mass is 35.5. The van der Waals surface area contributed by atoms with Crippen LogP contribution in [0, 0.1) is 18.8 Å². The molecule has 2 bridgehead atoms. The number of amides is 3. The summed E-state index contributed by atoms with van der Waals surface area (Å²) in [6.45, 7) is 4.42. The number of carbonyl (C=O) groups is 3. The van der Waals surface area contributed by atoms with Crippen molar-refractivity contribution < 1.29 is 23.9 Å². The Morgan fingerprint density at radius 3 is 2.32 bits per heavy atom. The van der Waals surface area contributed by atoms with Crippen LogP contribution < -0.4 is 10.3 Å². The number of rotatable bonds is 5. The van der Waals surface area contributed by atoms with Gasteiger partial charge in [-0.15, -0.1) is 0 Å². The molecule has 0 aromatic heterocycles. The molecule has 3 aromatic carbocycles. The summed E-state index contributed by atoms with van der Waals surface area (Å²) < 4.78 is 11.1. The van der Waals surface area contributed by atoms with Crippen LogP contribution in [0.5, 0.6) is 0 Å². The van der Waals surface area contributed by atoms with E-state index in [4.69, 9.17) is 21.1 Å². The van der Waals surface area contributed by atoms with Crippen molar-refractivity contribution in [1.82, 2.24) is 5.43 Å². The largest absolute Gasteiger partial charge is 0.347 e. The average molecular weight is 570 g/mol. The predicted octanol–water partition coefficient (Wildman–Crippen LogP) is 4.45. The van der Waals surface area contributed by atoms with E-state index in [0.717, 1.165) is 27.8 Å². The fourth-order valence-electron chi connectivity index (χ4n) is 7.31. The van der Waals surface area contributed by atoms with Crippen LogP contribution in [0.2, 0.25) is 5.02 Å². The molecule has 0 saturated carbocycles. The normalized spacial score (nSPS) is 27.2. The van der Waals surface area contributed by atoms with E-state index in [0.29, 0.717) is 23.9 Å². The van der Waals surface area contributed by atoms with E-state index in [1.54, 1.807) is 25.3 Å². The van der Waals surface area contributed by atoms with Gasteiger partial charge in [0.1, 0.15) is 0 Å². The number of aryl methyl sites for hydroxylation is 1. The van der Waals surface area contributed by atoms with Gasteiger partial charge in [0.15, 0.2) is 5.79 Å². The average Bonchev–Trinajstić information content (AvgIpc) is 3.51. The van der Waals surface area contributed by atoms with Gasteiger partial charge in [-0.1, -0.05) is 66.2 Å². The van der Waals surface area contributed by atoms with E-state index in [1.165, 1.54) is 4.90 Å². The van der Waals surface area contributed by atoms with Crippen LogP contribution in [0.3, 0.4) is 0 Å². The second-order valence-corrected chi connectivity index (χ2v) is 11.7. The lowest BCUT2D eigenvalue weighted by atomic mass is 9.47. The standard InChI is InChI=1S/C32H28ClN3O5/c1-18-11-12-19(33)15-24(18)36-29(38)27-26-20-7-3-5-9-22(20)32(28(27)30(36)39,23-10-6-4-8-21(23)26)17-34-35-25(37)16-31(2)40-13-14-41-31/h3-12,15,17,26-28H,13-14,16H2,1-2H3,(H,35,37)/b34-17-/t26?,27-,28+,32?/m0/s1. The van der Waals surface area contributed by atoms with Crippen molar-refractivity contribution in [1.29, 1.82) is 0 Å². The molecule has 9 heteroatoms. The molecule has 0 spiro atoms. The molecule has 1 N–H and O–H groups in total. The second kappa shape index (κ2) is 9.34. The minimum atomic E-state index is -1.09. The Balaban J connectivity index is 1.37. The fourth-order valence-corrected chi connectivity index (χ4v) is 7.47. The number of nitrogens with zero attached hydrogens (tertiary/aromatic N) is 2. The number of hydrogen-bond acceptors (Lipinski definition) is 6. The van der Waals surface area contributed by atoms with Gasteiger partial charge in [0.2, 0.25) is 17.7 Å². The van der Waals surface area contributed by atoms with Crippen LogP contribution in [-0.2, 0) is 29.3 Å². The Morgan fingerprint density at radius 1 is 1.02 bits per heavy atom. The molecule has 208 valence electrons. The van der Waals surface area contributed by atoms with Gasteiger partial charge >= 0.3 is 0 Å². The van der Waals surface area contributed by atoms with Gasteiger partial charge in [-0.05, 0) is 53.8 Å². The molecule has 3 aliphatic carbocycles. The predicted molar refractivity (Wildman–Crippen MR) is 153 cm³/mol. The topological polar surface area (TPSA) is 97.3 Å². The molecule has 3 amide bonds. The molecule has 2 aliphatic heterocycles. The lowest BCUT2D eigenvalue weighted by molar-refractivity contribution is -0.159. The summed E-state index contributed by atoms with van der Waals surface area (Å²) in [5.74, 6) is -3.66. The Bertz CT molecular complexity index is 1600. The third kappa shape index (κ3) is 3.74. The number of hydrogen-bond donors (Lipinski definition) is 1. The summed E-state index contributed by atoms with van der Waals surface area (Å²) in [5, 5.41) is 4.89. The van der Waals surface area contributed by atoms with Crippen molar-refractivity contribution >= 4 is 41.2 Å². The Morgan fingerprint density at radius 2 is 1.66 bits per heavy atom. The highest BCUT2D eigenvalue weighted by Crippen LogP contribution is 2.63. The number of imide groups is 1. The summed E-state index contributed by atoms with van der Waals surface area (Å²) in [6, 6.07) is 21.0. The third-order valence-corrected chi connectivity index (χ3v) is 9.17. The number of halogens is 1. The molecule has 2 saturated heterocycles. The van der Waals surface area contributed by atoms with Crippen LogP contribution in [0.1, 0.15) is 47.1 Å². The maximum atomic E-state index is 14.5. The Hall–Kier alpha value is -3.85. The number of nitrogens with one attached hydrogen (secondary N) is 1. The maximum Gasteiger partial charge on any atom is 0.245 e. The molecule has 3 aromatic rings. The molecule has 2 heterocycles. The van der Waals surface area contributed by atoms with Crippen LogP contribution in [0.4, 0.5) is 5.69 Å². The highest BCUT2D eigenvalue weighted by molar-refractivity contribution is 6.31. The first-order valence-electron chi connectivity index (χ1n) is 13.7. The monoisotopic (exact) mass is 569 g/mol. The number of anilines is 1. The van der Waals surface area contributed by atoms with Crippen molar-refractivity contribution in [3.8, 4) is 0 Å². The summed E-state index contributed by atoms with van der Waals surface area (Å²) in [5.41, 5.74) is 6.58. The van der Waals surface area contributed by atoms with E-state index < -0.39 is 23.0 Å². The maximum absolute atomic E-state index is 14.5. The molecule has 2 fully saturated rings. The Kier molecular flexibility index (Phi) is 5.94. The molecule has 0 radical (unpaired) electrons. The van der Waals surface area contributed by atoms with E-state index >= 15 is 0 Å². The smallest absolute Gasteiger partial charge is 0.245 e. The van der Waals surface area contributed by atoms with E-state index in [9.17, 15) is 14.4 Å². The number of benzene rings is 3. The minimum absolute atomic E-state index is 0.0299. The van der Waals surface area contributed by atoms with Crippen molar-refractivity contribution in [2.24, 2.45) is 16.9 Å². The zero-order valence-corrected chi connectivity index (χ0v) is 23.4. The van der Waals surface area contributed by atoms with Gasteiger partial charge in [0.25, 0.3) is 0 Å². The van der Waals surface area contributed by atoms with Gasteiger partial charge in [0.05, 0.1) is 42.6 Å². The van der Waals surface area contributed by atoms with Gasteiger partial charge in [0, 0.05) is 17.2 Å². The Labute approximate surface area is 242 Å². The van der Waals surface area contributed by atoms with Crippen LogP contribution >= 0.6 is 11.6 Å². The minimum Gasteiger partial charge on any atom is -0.347 e. The van der Waals surface area contributed by atoms with E-state index in [1.807, 2.05) is 61.5 Å². The summed E-state index contributed by atoms with van der Waals surface area (Å²) in [7, 11) is 0. The molecule has 0 unspecified atom stereocenters. The molecule has 5 aliphatic rings. The zero-order valence-electron chi connectivity index (χ0n) is 22.6. The summed E-state index contributed by atoms with van der Waals surface area (Å²) in [4.78, 5) is 42.9. The molecule has 41 heavy (non-hydrogen) atoms. The van der Waals surface area contributed by atoms with Crippen LogP contribution in [0.15, 0.2) is 71.8 Å². The van der Waals surface area contributed by atoms with Crippen molar-refractivity contribution in [2.45, 2.75) is 37.4 Å². The first-order valence-corrected chi connectivity index (χ1v) is 14.1. The lowest BCUT2D eigenvalue weighted by Crippen LogP contribution is -2.54. The molecule has 8 nitrogen and oxygen atoms in total. The fraction of sp³-hybridized carbons (Fsp3) is 0.312. The van der Waals surface area contributed by atoms with Crippen LogP contribution in [-0.4, -0.2) is 42.9 Å². The SMILES string of the molecule is Cc1ccc(Cl)cc1N1C(=O)[C@H]2C3c4ccccc4C(/C=N\NC(=O)CC4(C)OCCO4)(c4ccccc43)[C@H]2C1=O. The molecular formula is C32H28ClN3O5. The number of ether oxygens (including phenoxy) is 2. The van der Waals surface area contributed by atoms with Crippen molar-refractivity contribution in [3.05, 3.63) is 99.6 Å². The first-order chi connectivity index (χ1) is 19.7. The van der Waals surface area contributed by atoms with Gasteiger partial charge < -0.3 is 9.47 Å². The van der Waals surface area contributed by atoms with Crippen LogP contribution in [0.25, 0.3) is 0 Å². The van der Waals surface area contributed by atoms with Gasteiger partial charge in [-0.2, -0.15) is 5.10 Å². The lowest BCUT2D eigenvalue weighted by Gasteiger charge is -2.52. The van der Waals surface area contributed by atoms with Crippen molar-refractivity contribution in [3.63, 3.8) is 0 Å². The quantitative estimate of drug-likeness (QED) is 0.278. The van der Waals surface area contributed by atoms with E-state index in [2.05, 4.69) is 10.5 Å². The molecule has 8 rings (SSSR count). The molecular weight excluding hydrogens is 542 g/mol. The first kappa shape index (κ1) is 26.1. The summed E-state index contributed by atoms with van der Waals surface area (Å²) in [6.07, 6.45) is 1.62. The van der Waals surface area contributed by atoms with Gasteiger partial charge in [-0.25, -0.2) is 10.3 Å². The highest BCUT2D eigenvalue weighted by Gasteiger charge is 2.68. The number of hydrazone groups is 1. The van der Waals surface area contributed by atoms with E-state index in [-0.39, 0.29) is 30.1 Å². The van der Waals surface area contributed by atoms with Crippen molar-refractivity contribution in [2.75, 3.05) is 18.1 Å². The molecule has 2 atom stereocenters. The van der Waals surface area contributed by atoms with Gasteiger partial charge in [-0.3, -0.25) is 14.4 Å².